The molecule has 8 nitrogen and oxygen atoms in total. The van der Waals surface area contributed by atoms with Crippen molar-refractivity contribution in [1.29, 1.82) is 0 Å². The van der Waals surface area contributed by atoms with Gasteiger partial charge in [0.05, 0.1) is 12.7 Å². The molecule has 1 aliphatic heterocycles. The first kappa shape index (κ1) is 21.9. The molecular weight excluding hydrogens is 424 g/mol. The van der Waals surface area contributed by atoms with Crippen LogP contribution in [-0.2, 0) is 9.59 Å². The predicted octanol–water partition coefficient (Wildman–Crippen LogP) is 4.18. The summed E-state index contributed by atoms with van der Waals surface area (Å²) in [6.45, 7) is 5.62. The monoisotopic (exact) mass is 446 g/mol. The number of Topliss-reactive ketones (excluding diaryl/α,β-unsaturated/α-hetero) is 1. The van der Waals surface area contributed by atoms with Crippen LogP contribution in [0.5, 0.6) is 11.5 Å². The fourth-order valence-electron chi connectivity index (χ4n) is 3.74. The minimum Gasteiger partial charge on any atom is -0.507 e. The van der Waals surface area contributed by atoms with Gasteiger partial charge in [-0.05, 0) is 37.3 Å². The highest BCUT2D eigenvalue weighted by atomic mass is 16.5. The Bertz CT molecular complexity index is 1240. The maximum Gasteiger partial charge on any atom is 0.301 e. The van der Waals surface area contributed by atoms with Gasteiger partial charge in [0.1, 0.15) is 35.7 Å². The van der Waals surface area contributed by atoms with E-state index in [1.807, 2.05) is 0 Å². The highest BCUT2D eigenvalue weighted by molar-refractivity contribution is 6.51. The first-order valence-corrected chi connectivity index (χ1v) is 10.2. The molecule has 1 aromatic heterocycles. The molecule has 1 fully saturated rings. The largest absolute Gasteiger partial charge is 0.507 e. The molecule has 2 heterocycles. The molecule has 0 radical (unpaired) electrons. The van der Waals surface area contributed by atoms with Crippen LogP contribution in [0.1, 0.15) is 22.9 Å². The fourth-order valence-corrected chi connectivity index (χ4v) is 3.74. The summed E-state index contributed by atoms with van der Waals surface area (Å²) in [5, 5.41) is 15.1. The van der Waals surface area contributed by atoms with Gasteiger partial charge in [0.2, 0.25) is 0 Å². The Balaban J connectivity index is 1.88. The lowest BCUT2D eigenvalue weighted by molar-refractivity contribution is -0.132. The highest BCUT2D eigenvalue weighted by Gasteiger charge is 2.49. The van der Waals surface area contributed by atoms with Gasteiger partial charge in [-0.25, -0.2) is 0 Å². The maximum atomic E-state index is 13.2. The number of aliphatic hydroxyl groups excluding tert-OH is 1. The van der Waals surface area contributed by atoms with Crippen LogP contribution in [0.4, 0.5) is 5.82 Å². The molecule has 0 bridgehead atoms. The van der Waals surface area contributed by atoms with E-state index in [1.165, 1.54) is 12.0 Å². The number of hydrogen-bond acceptors (Lipinski definition) is 7. The summed E-state index contributed by atoms with van der Waals surface area (Å²) >= 11 is 0. The van der Waals surface area contributed by atoms with E-state index >= 15 is 0 Å². The lowest BCUT2D eigenvalue weighted by Gasteiger charge is -2.24. The van der Waals surface area contributed by atoms with E-state index in [1.54, 1.807) is 67.6 Å². The minimum atomic E-state index is -0.970. The molecule has 0 saturated carbocycles. The SMILES string of the molecule is C=CCOc1ccc(C(O)=C2C(=O)C(=O)N(c3cc(C)on3)C2c2ccccc2OC)cc1. The Kier molecular flexibility index (Phi) is 5.99. The van der Waals surface area contributed by atoms with Crippen molar-refractivity contribution in [3.05, 3.63) is 89.7 Å². The molecule has 4 rings (SSSR count). The number of para-hydroxylation sites is 1. The number of methoxy groups -OCH3 is 1. The van der Waals surface area contributed by atoms with Crippen LogP contribution in [0.2, 0.25) is 0 Å². The molecule has 8 heteroatoms. The maximum absolute atomic E-state index is 13.2. The number of aryl methyl sites for hydroxylation is 1. The Morgan fingerprint density at radius 3 is 2.58 bits per heavy atom. The molecule has 1 aliphatic rings. The minimum absolute atomic E-state index is 0.0788. The second-order valence-corrected chi connectivity index (χ2v) is 7.33. The zero-order chi connectivity index (χ0) is 23.5. The van der Waals surface area contributed by atoms with Gasteiger partial charge in [-0.15, -0.1) is 0 Å². The number of ether oxygens (including phenoxy) is 2. The summed E-state index contributed by atoms with van der Waals surface area (Å²) < 4.78 is 16.1. The van der Waals surface area contributed by atoms with Gasteiger partial charge in [0.15, 0.2) is 5.82 Å². The van der Waals surface area contributed by atoms with Crippen molar-refractivity contribution in [2.24, 2.45) is 0 Å². The smallest absolute Gasteiger partial charge is 0.301 e. The standard InChI is InChI=1S/C25H22N2O6/c1-4-13-32-17-11-9-16(10-12-17)23(28)21-22(18-7-5-6-8-19(18)31-3)27(25(30)24(21)29)20-14-15(2)33-26-20/h4-12,14,22,28H,1,13H2,2-3H3. The lowest BCUT2D eigenvalue weighted by Crippen LogP contribution is -2.29. The normalized spacial score (nSPS) is 17.3. The Hall–Kier alpha value is -4.33. The Morgan fingerprint density at radius 1 is 1.21 bits per heavy atom. The van der Waals surface area contributed by atoms with E-state index in [-0.39, 0.29) is 17.2 Å². The Morgan fingerprint density at radius 2 is 1.94 bits per heavy atom. The zero-order valence-corrected chi connectivity index (χ0v) is 18.1. The van der Waals surface area contributed by atoms with E-state index < -0.39 is 17.7 Å². The molecule has 3 aromatic rings. The van der Waals surface area contributed by atoms with Crippen LogP contribution in [0.15, 0.2) is 77.3 Å². The van der Waals surface area contributed by atoms with E-state index in [0.29, 0.717) is 35.0 Å². The summed E-state index contributed by atoms with van der Waals surface area (Å²) in [7, 11) is 1.49. The first-order valence-electron chi connectivity index (χ1n) is 10.2. The van der Waals surface area contributed by atoms with Crippen LogP contribution in [0.25, 0.3) is 5.76 Å². The number of ketones is 1. The zero-order valence-electron chi connectivity index (χ0n) is 18.1. The number of aromatic nitrogens is 1. The predicted molar refractivity (Wildman–Crippen MR) is 121 cm³/mol. The number of amides is 1. The van der Waals surface area contributed by atoms with Gasteiger partial charge in [-0.1, -0.05) is 36.0 Å². The van der Waals surface area contributed by atoms with Crippen molar-refractivity contribution in [2.75, 3.05) is 18.6 Å². The molecule has 168 valence electrons. The molecule has 1 saturated heterocycles. The summed E-state index contributed by atoms with van der Waals surface area (Å²) in [4.78, 5) is 27.5. The number of benzene rings is 2. The van der Waals surface area contributed by atoms with Gasteiger partial charge in [-0.3, -0.25) is 14.5 Å². The van der Waals surface area contributed by atoms with E-state index in [9.17, 15) is 14.7 Å². The van der Waals surface area contributed by atoms with E-state index in [4.69, 9.17) is 14.0 Å². The number of carbonyl (C=O) groups is 2. The van der Waals surface area contributed by atoms with Crippen LogP contribution in [0, 0.1) is 6.92 Å². The number of anilines is 1. The lowest BCUT2D eigenvalue weighted by atomic mass is 9.94. The van der Waals surface area contributed by atoms with Gasteiger partial charge in [0, 0.05) is 17.2 Å². The van der Waals surface area contributed by atoms with E-state index in [2.05, 4.69) is 11.7 Å². The summed E-state index contributed by atoms with van der Waals surface area (Å²) in [6, 6.07) is 14.1. The second kappa shape index (κ2) is 9.04. The molecule has 1 amide bonds. The van der Waals surface area contributed by atoms with Crippen LogP contribution >= 0.6 is 0 Å². The van der Waals surface area contributed by atoms with Crippen LogP contribution in [0.3, 0.4) is 0 Å². The average Bonchev–Trinajstić information content (AvgIpc) is 3.37. The second-order valence-electron chi connectivity index (χ2n) is 7.33. The molecule has 1 N–H and O–H groups in total. The number of aliphatic hydroxyl groups is 1. The molecule has 1 unspecified atom stereocenters. The third kappa shape index (κ3) is 3.98. The van der Waals surface area contributed by atoms with Gasteiger partial charge < -0.3 is 19.1 Å². The molecule has 2 aromatic carbocycles. The number of nitrogens with zero attached hydrogens (tertiary/aromatic N) is 2. The van der Waals surface area contributed by atoms with Crippen molar-refractivity contribution < 1.29 is 28.7 Å². The quantitative estimate of drug-likeness (QED) is 0.251. The Labute approximate surface area is 190 Å². The van der Waals surface area contributed by atoms with E-state index in [0.717, 1.165) is 0 Å². The molecule has 1 atom stereocenters. The molecule has 33 heavy (non-hydrogen) atoms. The van der Waals surface area contributed by atoms with Gasteiger partial charge in [0.25, 0.3) is 5.78 Å². The van der Waals surface area contributed by atoms with Crippen molar-refractivity contribution in [3.63, 3.8) is 0 Å². The third-order valence-electron chi connectivity index (χ3n) is 5.24. The van der Waals surface area contributed by atoms with Crippen molar-refractivity contribution >= 4 is 23.3 Å². The number of carbonyl (C=O) groups excluding carboxylic acids is 2. The summed E-state index contributed by atoms with van der Waals surface area (Å²) in [5.41, 5.74) is 0.799. The van der Waals surface area contributed by atoms with Crippen LogP contribution in [-0.4, -0.2) is 35.7 Å². The summed E-state index contributed by atoms with van der Waals surface area (Å²) in [5.74, 6) is -0.316. The first-order chi connectivity index (χ1) is 16.0. The third-order valence-corrected chi connectivity index (χ3v) is 5.24. The molecule has 0 aliphatic carbocycles. The number of rotatable bonds is 7. The topological polar surface area (TPSA) is 102 Å². The van der Waals surface area contributed by atoms with Gasteiger partial charge >= 0.3 is 5.91 Å². The summed E-state index contributed by atoms with van der Waals surface area (Å²) in [6.07, 6.45) is 1.62. The van der Waals surface area contributed by atoms with Crippen molar-refractivity contribution in [2.45, 2.75) is 13.0 Å². The molecular formula is C25H22N2O6. The fraction of sp³-hybridized carbons (Fsp3) is 0.160. The van der Waals surface area contributed by atoms with Crippen molar-refractivity contribution in [1.82, 2.24) is 5.16 Å². The highest BCUT2D eigenvalue weighted by Crippen LogP contribution is 2.44. The molecule has 0 spiro atoms. The average molecular weight is 446 g/mol. The number of hydrogen-bond donors (Lipinski definition) is 1. The van der Waals surface area contributed by atoms with Gasteiger partial charge in [-0.2, -0.15) is 0 Å². The van der Waals surface area contributed by atoms with Crippen LogP contribution < -0.4 is 14.4 Å². The van der Waals surface area contributed by atoms with Crippen molar-refractivity contribution in [3.8, 4) is 11.5 Å².